The summed E-state index contributed by atoms with van der Waals surface area (Å²) in [6.07, 6.45) is 1.91. The molecule has 1 aromatic carbocycles. The van der Waals surface area contributed by atoms with Gasteiger partial charge in [-0.05, 0) is 49.9 Å². The summed E-state index contributed by atoms with van der Waals surface area (Å²) in [5.74, 6) is 0.929. The third kappa shape index (κ3) is 4.46. The van der Waals surface area contributed by atoms with Crippen LogP contribution in [-0.4, -0.2) is 45.1 Å². The lowest BCUT2D eigenvalue weighted by atomic mass is 10.1. The molecule has 5 nitrogen and oxygen atoms in total. The standard InChI is InChI=1S/C17H27NO4S/c1-13(2)14(3)18(15-5-6-15)23(19,20)17-9-7-16(8-10-17)22-12-11-21-4/h7-10,13-15H,5-6,11-12H2,1-4H3. The highest BCUT2D eigenvalue weighted by atomic mass is 32.2. The maximum Gasteiger partial charge on any atom is 0.243 e. The Labute approximate surface area is 139 Å². The highest BCUT2D eigenvalue weighted by Crippen LogP contribution is 2.35. The summed E-state index contributed by atoms with van der Waals surface area (Å²) < 4.78 is 38.1. The van der Waals surface area contributed by atoms with E-state index in [1.165, 1.54) is 0 Å². The number of hydrogen-bond donors (Lipinski definition) is 0. The number of nitrogens with zero attached hydrogens (tertiary/aromatic N) is 1. The van der Waals surface area contributed by atoms with E-state index in [1.54, 1.807) is 35.7 Å². The topological polar surface area (TPSA) is 55.8 Å². The van der Waals surface area contributed by atoms with Gasteiger partial charge in [-0.2, -0.15) is 4.31 Å². The molecule has 0 aromatic heterocycles. The SMILES string of the molecule is COCCOc1ccc(S(=O)(=O)N(C2CC2)C(C)C(C)C)cc1. The van der Waals surface area contributed by atoms with Crippen molar-refractivity contribution in [1.82, 2.24) is 4.31 Å². The van der Waals surface area contributed by atoms with Crippen molar-refractivity contribution in [3.05, 3.63) is 24.3 Å². The lowest BCUT2D eigenvalue weighted by Gasteiger charge is -2.31. The zero-order valence-electron chi connectivity index (χ0n) is 14.4. The maximum atomic E-state index is 13.0. The second-order valence-corrected chi connectivity index (χ2v) is 8.21. The third-order valence-corrected chi connectivity index (χ3v) is 6.28. The Morgan fingerprint density at radius 2 is 1.74 bits per heavy atom. The molecule has 1 fully saturated rings. The second-order valence-electron chi connectivity index (χ2n) is 6.36. The van der Waals surface area contributed by atoms with Gasteiger partial charge in [0.1, 0.15) is 12.4 Å². The highest BCUT2D eigenvalue weighted by Gasteiger charge is 2.41. The molecule has 1 unspecified atom stereocenters. The lowest BCUT2D eigenvalue weighted by Crippen LogP contribution is -2.42. The fraction of sp³-hybridized carbons (Fsp3) is 0.647. The molecule has 0 radical (unpaired) electrons. The summed E-state index contributed by atoms with van der Waals surface area (Å²) >= 11 is 0. The van der Waals surface area contributed by atoms with Gasteiger partial charge >= 0.3 is 0 Å². The minimum Gasteiger partial charge on any atom is -0.491 e. The number of benzene rings is 1. The van der Waals surface area contributed by atoms with Crippen molar-refractivity contribution in [2.75, 3.05) is 20.3 Å². The Hall–Kier alpha value is -1.11. The first-order chi connectivity index (χ1) is 10.9. The number of hydrogen-bond acceptors (Lipinski definition) is 4. The van der Waals surface area contributed by atoms with E-state index < -0.39 is 10.0 Å². The van der Waals surface area contributed by atoms with E-state index in [1.807, 2.05) is 6.92 Å². The molecule has 23 heavy (non-hydrogen) atoms. The van der Waals surface area contributed by atoms with E-state index in [0.29, 0.717) is 23.9 Å². The Kier molecular flexibility index (Phi) is 6.06. The number of rotatable bonds is 9. The molecular formula is C17H27NO4S. The van der Waals surface area contributed by atoms with Gasteiger partial charge in [-0.25, -0.2) is 8.42 Å². The largest absolute Gasteiger partial charge is 0.491 e. The minimum atomic E-state index is -3.47. The van der Waals surface area contributed by atoms with E-state index in [0.717, 1.165) is 12.8 Å². The normalized spacial score (nSPS) is 16.8. The molecular weight excluding hydrogens is 314 g/mol. The molecule has 1 saturated carbocycles. The van der Waals surface area contributed by atoms with Crippen LogP contribution in [-0.2, 0) is 14.8 Å². The van der Waals surface area contributed by atoms with E-state index >= 15 is 0 Å². The average Bonchev–Trinajstić information content (AvgIpc) is 3.32. The smallest absolute Gasteiger partial charge is 0.243 e. The van der Waals surface area contributed by atoms with Crippen molar-refractivity contribution in [2.24, 2.45) is 5.92 Å². The van der Waals surface area contributed by atoms with Crippen LogP contribution >= 0.6 is 0 Å². The number of methoxy groups -OCH3 is 1. The molecule has 1 aliphatic carbocycles. The zero-order valence-corrected chi connectivity index (χ0v) is 15.2. The van der Waals surface area contributed by atoms with Crippen molar-refractivity contribution in [1.29, 1.82) is 0 Å². The lowest BCUT2D eigenvalue weighted by molar-refractivity contribution is 0.146. The van der Waals surface area contributed by atoms with Crippen molar-refractivity contribution in [3.63, 3.8) is 0 Å². The quantitative estimate of drug-likeness (QED) is 0.648. The molecule has 0 bridgehead atoms. The molecule has 0 heterocycles. The van der Waals surface area contributed by atoms with Gasteiger partial charge in [-0.3, -0.25) is 0 Å². The van der Waals surface area contributed by atoms with Crippen molar-refractivity contribution in [2.45, 2.75) is 50.6 Å². The fourth-order valence-corrected chi connectivity index (χ4v) is 4.45. The Bertz CT molecular complexity index is 594. The number of ether oxygens (including phenoxy) is 2. The zero-order chi connectivity index (χ0) is 17.0. The van der Waals surface area contributed by atoms with Gasteiger partial charge in [0.05, 0.1) is 11.5 Å². The first-order valence-electron chi connectivity index (χ1n) is 8.13. The molecule has 1 aliphatic rings. The van der Waals surface area contributed by atoms with Crippen LogP contribution in [0.2, 0.25) is 0 Å². The molecule has 130 valence electrons. The maximum absolute atomic E-state index is 13.0. The Morgan fingerprint density at radius 3 is 2.22 bits per heavy atom. The summed E-state index contributed by atoms with van der Waals surface area (Å²) in [5.41, 5.74) is 0. The van der Waals surface area contributed by atoms with Gasteiger partial charge in [0.15, 0.2) is 0 Å². The van der Waals surface area contributed by atoms with Crippen LogP contribution in [0.1, 0.15) is 33.6 Å². The molecule has 0 amide bonds. The van der Waals surface area contributed by atoms with Crippen LogP contribution in [0.4, 0.5) is 0 Å². The van der Waals surface area contributed by atoms with E-state index in [9.17, 15) is 8.42 Å². The van der Waals surface area contributed by atoms with Crippen molar-refractivity contribution >= 4 is 10.0 Å². The molecule has 2 rings (SSSR count). The van der Waals surface area contributed by atoms with Gasteiger partial charge in [-0.15, -0.1) is 0 Å². The van der Waals surface area contributed by atoms with Crippen LogP contribution in [0.5, 0.6) is 5.75 Å². The van der Waals surface area contributed by atoms with Crippen LogP contribution in [0.3, 0.4) is 0 Å². The predicted molar refractivity (Wildman–Crippen MR) is 90.2 cm³/mol. The number of sulfonamides is 1. The monoisotopic (exact) mass is 341 g/mol. The molecule has 0 saturated heterocycles. The van der Waals surface area contributed by atoms with Crippen molar-refractivity contribution < 1.29 is 17.9 Å². The van der Waals surface area contributed by atoms with Crippen LogP contribution in [0, 0.1) is 5.92 Å². The van der Waals surface area contributed by atoms with E-state index in [4.69, 9.17) is 9.47 Å². The van der Waals surface area contributed by atoms with Gasteiger partial charge in [0, 0.05) is 19.2 Å². The Balaban J connectivity index is 2.17. The molecule has 0 aliphatic heterocycles. The Morgan fingerprint density at radius 1 is 1.13 bits per heavy atom. The fourth-order valence-electron chi connectivity index (χ4n) is 2.44. The minimum absolute atomic E-state index is 0.00914. The average molecular weight is 341 g/mol. The highest BCUT2D eigenvalue weighted by molar-refractivity contribution is 7.89. The molecule has 1 atom stereocenters. The van der Waals surface area contributed by atoms with Gasteiger partial charge in [0.2, 0.25) is 10.0 Å². The molecule has 6 heteroatoms. The molecule has 1 aromatic rings. The predicted octanol–water partition coefficient (Wildman–Crippen LogP) is 2.91. The second kappa shape index (κ2) is 7.64. The first-order valence-corrected chi connectivity index (χ1v) is 9.57. The van der Waals surface area contributed by atoms with Crippen molar-refractivity contribution in [3.8, 4) is 5.75 Å². The molecule has 0 spiro atoms. The van der Waals surface area contributed by atoms with E-state index in [-0.39, 0.29) is 18.0 Å². The molecule has 0 N–H and O–H groups in total. The third-order valence-electron chi connectivity index (χ3n) is 4.23. The summed E-state index contributed by atoms with van der Waals surface area (Å²) in [7, 11) is -1.86. The van der Waals surface area contributed by atoms with Gasteiger partial charge < -0.3 is 9.47 Å². The van der Waals surface area contributed by atoms with Gasteiger partial charge in [-0.1, -0.05) is 13.8 Å². The van der Waals surface area contributed by atoms with Crippen LogP contribution in [0.25, 0.3) is 0 Å². The van der Waals surface area contributed by atoms with Gasteiger partial charge in [0.25, 0.3) is 0 Å². The summed E-state index contributed by atoms with van der Waals surface area (Å²) in [6, 6.07) is 6.79. The summed E-state index contributed by atoms with van der Waals surface area (Å²) in [5, 5.41) is 0. The van der Waals surface area contributed by atoms with E-state index in [2.05, 4.69) is 13.8 Å². The summed E-state index contributed by atoms with van der Waals surface area (Å²) in [4.78, 5) is 0.330. The first kappa shape index (κ1) is 18.2. The summed E-state index contributed by atoms with van der Waals surface area (Å²) in [6.45, 7) is 7.05. The van der Waals surface area contributed by atoms with Crippen LogP contribution in [0.15, 0.2) is 29.2 Å². The van der Waals surface area contributed by atoms with Crippen LogP contribution < -0.4 is 4.74 Å².